The first-order valence-corrected chi connectivity index (χ1v) is 13.4. The molecular weight excluding hydrogens is 468 g/mol. The molecule has 0 bridgehead atoms. The highest BCUT2D eigenvalue weighted by atomic mass is 19.1. The van der Waals surface area contributed by atoms with Gasteiger partial charge in [0.1, 0.15) is 29.7 Å². The zero-order chi connectivity index (χ0) is 26.5. The van der Waals surface area contributed by atoms with Crippen LogP contribution in [0.5, 0.6) is 5.75 Å². The summed E-state index contributed by atoms with van der Waals surface area (Å²) in [6, 6.07) is 21.6. The molecule has 2 N–H and O–H groups in total. The molecule has 37 heavy (non-hydrogen) atoms. The van der Waals surface area contributed by atoms with E-state index in [1.807, 2.05) is 30.3 Å². The van der Waals surface area contributed by atoms with Crippen molar-refractivity contribution in [2.24, 2.45) is 0 Å². The van der Waals surface area contributed by atoms with Crippen molar-refractivity contribution in [3.8, 4) is 5.75 Å². The molecule has 0 aromatic heterocycles. The minimum atomic E-state index is -0.858. The number of ether oxygens (including phenoxy) is 1. The molecule has 3 aromatic carbocycles. The van der Waals surface area contributed by atoms with Crippen molar-refractivity contribution >= 4 is 0 Å². The highest BCUT2D eigenvalue weighted by Crippen LogP contribution is 2.39. The van der Waals surface area contributed by atoms with Gasteiger partial charge in [0.15, 0.2) is 0 Å². The number of aliphatic hydroxyl groups is 1. The van der Waals surface area contributed by atoms with Gasteiger partial charge in [0.25, 0.3) is 0 Å². The summed E-state index contributed by atoms with van der Waals surface area (Å²) in [6.07, 6.45) is 4.45. The fourth-order valence-corrected chi connectivity index (χ4v) is 5.44. The summed E-state index contributed by atoms with van der Waals surface area (Å²) in [5.41, 5.74) is 2.66. The molecule has 0 heterocycles. The molecule has 3 aromatic rings. The second kappa shape index (κ2) is 11.7. The number of nitrogens with one attached hydrogen (secondary N) is 1. The third-order valence-electron chi connectivity index (χ3n) is 7.35. The van der Waals surface area contributed by atoms with Gasteiger partial charge in [-0.15, -0.1) is 0 Å². The first-order valence-electron chi connectivity index (χ1n) is 13.4. The van der Waals surface area contributed by atoms with Gasteiger partial charge in [0.05, 0.1) is 0 Å². The summed E-state index contributed by atoms with van der Waals surface area (Å²) in [7, 11) is 0. The van der Waals surface area contributed by atoms with E-state index in [-0.39, 0.29) is 23.8 Å². The Balaban J connectivity index is 1.57. The van der Waals surface area contributed by atoms with Crippen LogP contribution in [-0.4, -0.2) is 17.4 Å². The number of para-hydroxylation sites is 1. The van der Waals surface area contributed by atoms with Gasteiger partial charge < -0.3 is 9.84 Å². The van der Waals surface area contributed by atoms with Gasteiger partial charge in [-0.25, -0.2) is 8.78 Å². The monoisotopic (exact) mass is 507 g/mol. The van der Waals surface area contributed by atoms with Crippen LogP contribution < -0.4 is 10.1 Å². The number of rotatable bonds is 9. The molecule has 4 rings (SSSR count). The Bertz CT molecular complexity index is 1130. The Morgan fingerprint density at radius 2 is 1.57 bits per heavy atom. The second-order valence-electron chi connectivity index (χ2n) is 11.4. The summed E-state index contributed by atoms with van der Waals surface area (Å²) >= 11 is 0. The topological polar surface area (TPSA) is 41.5 Å². The van der Waals surface area contributed by atoms with Crippen LogP contribution in [0.1, 0.15) is 76.0 Å². The van der Waals surface area contributed by atoms with Gasteiger partial charge in [-0.05, 0) is 59.2 Å². The summed E-state index contributed by atoms with van der Waals surface area (Å²) in [5.74, 6) is -0.583. The predicted octanol–water partition coefficient (Wildman–Crippen LogP) is 7.41. The quantitative estimate of drug-likeness (QED) is 0.296. The maximum Gasteiger partial charge on any atom is 0.126 e. The van der Waals surface area contributed by atoms with Crippen molar-refractivity contribution in [3.63, 3.8) is 0 Å². The molecule has 0 radical (unpaired) electrons. The van der Waals surface area contributed by atoms with Crippen LogP contribution in [-0.2, 0) is 17.4 Å². The first-order chi connectivity index (χ1) is 17.6. The molecule has 0 saturated heterocycles. The van der Waals surface area contributed by atoms with Crippen LogP contribution in [0.3, 0.4) is 0 Å². The van der Waals surface area contributed by atoms with Crippen LogP contribution in [0.15, 0.2) is 72.8 Å². The Kier molecular flexibility index (Phi) is 8.66. The lowest BCUT2D eigenvalue weighted by atomic mass is 9.74. The molecule has 5 heteroatoms. The Morgan fingerprint density at radius 1 is 0.892 bits per heavy atom. The maximum atomic E-state index is 13.9. The third-order valence-corrected chi connectivity index (χ3v) is 7.35. The number of hydrogen-bond acceptors (Lipinski definition) is 3. The largest absolute Gasteiger partial charge is 0.490 e. The van der Waals surface area contributed by atoms with Gasteiger partial charge in [0, 0.05) is 24.4 Å². The SMILES string of the molecule is CC(C)(C)c1cccc(C2(NC(O)CC(Cc3cc(F)cc(F)c3)Oc3ccccc3)CCCCC2)c1. The van der Waals surface area contributed by atoms with Crippen LogP contribution in [0, 0.1) is 11.6 Å². The minimum Gasteiger partial charge on any atom is -0.490 e. The van der Waals surface area contributed by atoms with Crippen LogP contribution >= 0.6 is 0 Å². The Hall–Kier alpha value is -2.76. The number of halogens is 2. The van der Waals surface area contributed by atoms with Crippen molar-refractivity contribution in [3.05, 3.63) is 101 Å². The molecule has 2 unspecified atom stereocenters. The number of benzene rings is 3. The van der Waals surface area contributed by atoms with Gasteiger partial charge in [0.2, 0.25) is 0 Å². The van der Waals surface area contributed by atoms with E-state index in [4.69, 9.17) is 4.74 Å². The van der Waals surface area contributed by atoms with Crippen LogP contribution in [0.4, 0.5) is 8.78 Å². The predicted molar refractivity (Wildman–Crippen MR) is 145 cm³/mol. The molecular formula is C32H39F2NO2. The average molecular weight is 508 g/mol. The maximum absolute atomic E-state index is 13.9. The lowest BCUT2D eigenvalue weighted by molar-refractivity contribution is 0.0322. The Labute approximate surface area is 219 Å². The summed E-state index contributed by atoms with van der Waals surface area (Å²) in [4.78, 5) is 0. The highest BCUT2D eigenvalue weighted by Gasteiger charge is 2.36. The van der Waals surface area contributed by atoms with Crippen molar-refractivity contribution in [1.29, 1.82) is 0 Å². The molecule has 2 atom stereocenters. The molecule has 1 aliphatic rings. The molecule has 0 spiro atoms. The van der Waals surface area contributed by atoms with E-state index in [0.717, 1.165) is 31.7 Å². The van der Waals surface area contributed by atoms with Crippen molar-refractivity contribution in [1.82, 2.24) is 5.32 Å². The van der Waals surface area contributed by atoms with E-state index >= 15 is 0 Å². The summed E-state index contributed by atoms with van der Waals surface area (Å²) < 4.78 is 34.0. The lowest BCUT2D eigenvalue weighted by Crippen LogP contribution is -2.50. The zero-order valence-corrected chi connectivity index (χ0v) is 22.1. The van der Waals surface area contributed by atoms with E-state index in [2.05, 4.69) is 50.4 Å². The molecule has 198 valence electrons. The first kappa shape index (κ1) is 27.3. The van der Waals surface area contributed by atoms with E-state index in [1.54, 1.807) is 0 Å². The molecule has 0 amide bonds. The molecule has 1 aliphatic carbocycles. The molecule has 0 aliphatic heterocycles. The minimum absolute atomic E-state index is 0.0271. The standard InChI is InChI=1S/C32H39F2NO2/c1-31(2,3)24-11-10-12-25(20-24)32(15-8-5-9-16-32)35-30(36)22-29(37-28-13-6-4-7-14-28)19-23-17-26(33)21-27(34)18-23/h4,6-7,10-14,17-18,20-21,29-30,35-36H,5,8-9,15-16,19,22H2,1-3H3. The van der Waals surface area contributed by atoms with E-state index < -0.39 is 24.0 Å². The van der Waals surface area contributed by atoms with E-state index in [0.29, 0.717) is 11.3 Å². The molecule has 3 nitrogen and oxygen atoms in total. The number of hydrogen-bond donors (Lipinski definition) is 2. The fourth-order valence-electron chi connectivity index (χ4n) is 5.44. The Morgan fingerprint density at radius 3 is 2.22 bits per heavy atom. The summed E-state index contributed by atoms with van der Waals surface area (Å²) in [6.45, 7) is 6.63. The van der Waals surface area contributed by atoms with Crippen LogP contribution in [0.2, 0.25) is 0 Å². The second-order valence-corrected chi connectivity index (χ2v) is 11.4. The fraction of sp³-hybridized carbons (Fsp3) is 0.438. The normalized spacial score (nSPS) is 17.2. The molecule has 1 saturated carbocycles. The average Bonchev–Trinajstić information content (AvgIpc) is 2.84. The van der Waals surface area contributed by atoms with Crippen molar-refractivity contribution in [2.45, 2.75) is 89.0 Å². The summed E-state index contributed by atoms with van der Waals surface area (Å²) in [5, 5.41) is 14.9. The van der Waals surface area contributed by atoms with E-state index in [1.165, 1.54) is 29.7 Å². The lowest BCUT2D eigenvalue weighted by Gasteiger charge is -2.41. The van der Waals surface area contributed by atoms with Crippen molar-refractivity contribution < 1.29 is 18.6 Å². The van der Waals surface area contributed by atoms with Crippen LogP contribution in [0.25, 0.3) is 0 Å². The van der Waals surface area contributed by atoms with Gasteiger partial charge in [-0.1, -0.05) is 82.5 Å². The zero-order valence-electron chi connectivity index (χ0n) is 22.1. The number of aliphatic hydroxyl groups excluding tert-OH is 1. The van der Waals surface area contributed by atoms with Crippen molar-refractivity contribution in [2.75, 3.05) is 0 Å². The van der Waals surface area contributed by atoms with Gasteiger partial charge in [-0.3, -0.25) is 5.32 Å². The third kappa shape index (κ3) is 7.39. The van der Waals surface area contributed by atoms with E-state index in [9.17, 15) is 13.9 Å². The smallest absolute Gasteiger partial charge is 0.126 e. The van der Waals surface area contributed by atoms with Gasteiger partial charge >= 0.3 is 0 Å². The van der Waals surface area contributed by atoms with Gasteiger partial charge in [-0.2, -0.15) is 0 Å². The molecule has 1 fully saturated rings. The highest BCUT2D eigenvalue weighted by molar-refractivity contribution is 5.34.